The average molecular weight is 382 g/mol. The second-order valence-corrected chi connectivity index (χ2v) is 23.8. The Balaban J connectivity index is 4.53. The molecule has 0 saturated carbocycles. The maximum atomic E-state index is 2.63. The molecule has 0 aromatic carbocycles. The van der Waals surface area contributed by atoms with Crippen molar-refractivity contribution in [2.45, 2.75) is 0 Å². The van der Waals surface area contributed by atoms with Crippen molar-refractivity contribution in [2.24, 2.45) is 0 Å². The first-order chi connectivity index (χ1) is 4.83. The Morgan fingerprint density at radius 2 is 0.909 bits per heavy atom. The van der Waals surface area contributed by atoms with Gasteiger partial charge in [0.15, 0.2) is 0 Å². The summed E-state index contributed by atoms with van der Waals surface area (Å²) < 4.78 is 7.15. The van der Waals surface area contributed by atoms with Gasteiger partial charge in [-0.25, -0.2) is 0 Å². The molecular formula is C6H19IN3Sb. The summed E-state index contributed by atoms with van der Waals surface area (Å²) in [4.78, 5) is 0. The summed E-state index contributed by atoms with van der Waals surface area (Å²) in [7, 11) is 13.0. The van der Waals surface area contributed by atoms with Gasteiger partial charge in [-0.2, -0.15) is 0 Å². The van der Waals surface area contributed by atoms with E-state index >= 15 is 0 Å². The molecule has 11 heavy (non-hydrogen) atoms. The van der Waals surface area contributed by atoms with Crippen LogP contribution in [0.3, 0.4) is 0 Å². The van der Waals surface area contributed by atoms with Crippen molar-refractivity contribution in [3.8, 4) is 0 Å². The van der Waals surface area contributed by atoms with Gasteiger partial charge in [0.1, 0.15) is 0 Å². The molecule has 0 N–H and O–H groups in total. The zero-order valence-corrected chi connectivity index (χ0v) is 13.2. The van der Waals surface area contributed by atoms with E-state index in [0.717, 1.165) is 0 Å². The van der Waals surface area contributed by atoms with Crippen LogP contribution in [-0.2, 0) is 0 Å². The van der Waals surface area contributed by atoms with Gasteiger partial charge < -0.3 is 0 Å². The van der Waals surface area contributed by atoms with Crippen LogP contribution in [0.25, 0.3) is 0 Å². The Labute approximate surface area is 84.9 Å². The van der Waals surface area contributed by atoms with E-state index in [-0.39, 0.29) is 0 Å². The fourth-order valence-corrected chi connectivity index (χ4v) is 8.05. The summed E-state index contributed by atoms with van der Waals surface area (Å²) in [5.41, 5.74) is 0. The molecule has 0 aliphatic rings. The second-order valence-electron chi connectivity index (χ2n) is 3.24. The molecule has 0 aliphatic carbocycles. The summed E-state index contributed by atoms with van der Waals surface area (Å²) in [6.07, 6.45) is 0. The molecule has 0 radical (unpaired) electrons. The second kappa shape index (κ2) is 4.60. The Hall–Kier alpha value is 1.43. The number of nitrogens with zero attached hydrogens (tertiary/aromatic N) is 3. The van der Waals surface area contributed by atoms with Gasteiger partial charge in [-0.15, -0.1) is 0 Å². The van der Waals surface area contributed by atoms with Crippen LogP contribution in [0.15, 0.2) is 0 Å². The SMILES string of the molecule is C[N](C)[SbH]([I])([N](C)C)[N](C)C. The standard InChI is InChI=1S/3C2H6N.HI.Sb.H/c3*1-3-2;;;/h3*1-2H3;1H;;/q3*-1;;+4;/p-1. The predicted molar refractivity (Wildman–Crippen MR) is 62.2 cm³/mol. The van der Waals surface area contributed by atoms with Crippen LogP contribution in [0.2, 0.25) is 0 Å². The van der Waals surface area contributed by atoms with E-state index in [1.54, 1.807) is 0 Å². The molecule has 70 valence electrons. The van der Waals surface area contributed by atoms with Gasteiger partial charge in [0.25, 0.3) is 0 Å². The van der Waals surface area contributed by atoms with Gasteiger partial charge in [0, 0.05) is 0 Å². The van der Waals surface area contributed by atoms with Crippen molar-refractivity contribution >= 4 is 34.1 Å². The molecule has 0 aromatic rings. The average Bonchev–Trinajstić information content (AvgIpc) is 1.84. The van der Waals surface area contributed by atoms with Crippen LogP contribution in [0.1, 0.15) is 0 Å². The molecule has 0 atom stereocenters. The maximum absolute atomic E-state index is 2.63. The van der Waals surface area contributed by atoms with Crippen LogP contribution in [0.5, 0.6) is 0 Å². The Bertz CT molecular complexity index is 105. The fourth-order valence-electron chi connectivity index (χ4n) is 1.20. The third-order valence-electron chi connectivity index (χ3n) is 1.71. The van der Waals surface area contributed by atoms with Gasteiger partial charge in [-0.1, -0.05) is 0 Å². The van der Waals surface area contributed by atoms with Gasteiger partial charge >= 0.3 is 85.6 Å². The summed E-state index contributed by atoms with van der Waals surface area (Å²) in [6, 6.07) is 0. The topological polar surface area (TPSA) is 9.72 Å². The van der Waals surface area contributed by atoms with Gasteiger partial charge in [0.05, 0.1) is 0 Å². The van der Waals surface area contributed by atoms with E-state index in [1.807, 2.05) is 0 Å². The molecule has 0 rings (SSSR count). The number of hydrogen-bond donors (Lipinski definition) is 0. The van der Waals surface area contributed by atoms with Crippen molar-refractivity contribution < 1.29 is 0 Å². The molecule has 0 bridgehead atoms. The van der Waals surface area contributed by atoms with Crippen molar-refractivity contribution in [3.63, 3.8) is 0 Å². The monoisotopic (exact) mass is 381 g/mol. The molecule has 0 saturated heterocycles. The van der Waals surface area contributed by atoms with Crippen LogP contribution in [-0.4, -0.2) is 67.1 Å². The quantitative estimate of drug-likeness (QED) is 0.513. The molecule has 5 heteroatoms. The molecular weight excluding hydrogens is 363 g/mol. The predicted octanol–water partition coefficient (Wildman–Crippen LogP) is 0.274. The van der Waals surface area contributed by atoms with E-state index in [9.17, 15) is 0 Å². The minimum atomic E-state index is -2.27. The molecule has 0 spiro atoms. The summed E-state index contributed by atoms with van der Waals surface area (Å²) in [6.45, 7) is 0. The zero-order valence-electron chi connectivity index (χ0n) is 8.22. The first-order valence-corrected chi connectivity index (χ1v) is 15.7. The molecule has 0 unspecified atom stereocenters. The van der Waals surface area contributed by atoms with E-state index in [4.69, 9.17) is 0 Å². The summed E-state index contributed by atoms with van der Waals surface area (Å²) in [5, 5.41) is 0. The van der Waals surface area contributed by atoms with E-state index in [2.05, 4.69) is 70.0 Å². The van der Waals surface area contributed by atoms with Gasteiger partial charge in [-0.3, -0.25) is 0 Å². The number of rotatable bonds is 3. The molecule has 3 nitrogen and oxygen atoms in total. The van der Waals surface area contributed by atoms with Crippen LogP contribution in [0, 0.1) is 0 Å². The first kappa shape index (κ1) is 12.4. The number of hydrogen-bond acceptors (Lipinski definition) is 3. The van der Waals surface area contributed by atoms with Crippen molar-refractivity contribution in [1.82, 2.24) is 9.18 Å². The summed E-state index contributed by atoms with van der Waals surface area (Å²) in [5.74, 6) is 0. The third kappa shape index (κ3) is 2.69. The van der Waals surface area contributed by atoms with Crippen molar-refractivity contribution in [2.75, 3.05) is 42.3 Å². The zero-order chi connectivity index (χ0) is 9.23. The molecule has 0 amide bonds. The first-order valence-electron chi connectivity index (χ1n) is 3.54. The fraction of sp³-hybridized carbons (Fsp3) is 1.00. The van der Waals surface area contributed by atoms with Crippen LogP contribution >= 0.6 is 18.5 Å². The summed E-state index contributed by atoms with van der Waals surface area (Å²) >= 11 is 0.363. The van der Waals surface area contributed by atoms with E-state index in [0.29, 0.717) is 0 Å². The normalized spacial score (nSPS) is 15.1. The van der Waals surface area contributed by atoms with Gasteiger partial charge in [0.2, 0.25) is 0 Å². The Morgan fingerprint density at radius 3 is 0.909 bits per heavy atom. The van der Waals surface area contributed by atoms with Crippen LogP contribution in [0.4, 0.5) is 0 Å². The molecule has 0 aliphatic heterocycles. The van der Waals surface area contributed by atoms with Gasteiger partial charge in [-0.05, 0) is 0 Å². The Kier molecular flexibility index (Phi) is 5.20. The third-order valence-corrected chi connectivity index (χ3v) is 30.9. The van der Waals surface area contributed by atoms with E-state index in [1.165, 1.54) is 0 Å². The van der Waals surface area contributed by atoms with Crippen molar-refractivity contribution in [1.29, 1.82) is 0 Å². The van der Waals surface area contributed by atoms with E-state index < -0.39 is 15.6 Å². The van der Waals surface area contributed by atoms with Crippen LogP contribution < -0.4 is 0 Å². The molecule has 0 aromatic heterocycles. The van der Waals surface area contributed by atoms with Crippen molar-refractivity contribution in [3.05, 3.63) is 0 Å². The Morgan fingerprint density at radius 1 is 0.727 bits per heavy atom. The minimum absolute atomic E-state index is 2.17. The molecule has 0 fully saturated rings. The molecule has 0 heterocycles. The number of halogens is 1.